The number of aromatic nitrogens is 1. The number of methoxy groups -OCH3 is 2. The fourth-order valence-electron chi connectivity index (χ4n) is 5.11. The summed E-state index contributed by atoms with van der Waals surface area (Å²) in [4.78, 5) is 26.2. The third-order valence-electron chi connectivity index (χ3n) is 7.41. The van der Waals surface area contributed by atoms with E-state index in [1.165, 1.54) is 20.4 Å². The zero-order chi connectivity index (χ0) is 26.9. The fourth-order valence-corrected chi connectivity index (χ4v) is 5.11. The maximum Gasteiger partial charge on any atom is 0.238 e. The molecule has 1 spiro atoms. The first-order valence-electron chi connectivity index (χ1n) is 12.6. The Labute approximate surface area is 219 Å². The lowest BCUT2D eigenvalue weighted by atomic mass is 9.86. The van der Waals surface area contributed by atoms with E-state index in [0.29, 0.717) is 36.2 Å². The van der Waals surface area contributed by atoms with Crippen molar-refractivity contribution in [3.63, 3.8) is 0 Å². The van der Waals surface area contributed by atoms with Crippen LogP contribution in [0.4, 0.5) is 14.5 Å². The lowest BCUT2D eigenvalue weighted by Gasteiger charge is -2.35. The quantitative estimate of drug-likeness (QED) is 0.527. The Morgan fingerprint density at radius 3 is 2.47 bits per heavy atom. The van der Waals surface area contributed by atoms with E-state index in [1.54, 1.807) is 12.4 Å². The fraction of sp³-hybridized carbons (Fsp3) is 0.444. The summed E-state index contributed by atoms with van der Waals surface area (Å²) in [6, 6.07) is 2.98. The highest BCUT2D eigenvalue weighted by atomic mass is 19.1. The molecule has 2 N–H and O–H groups in total. The van der Waals surface area contributed by atoms with Crippen LogP contribution in [-0.2, 0) is 21.5 Å². The highest BCUT2D eigenvalue weighted by Crippen LogP contribution is 2.55. The van der Waals surface area contributed by atoms with E-state index in [0.717, 1.165) is 49.4 Å². The molecule has 1 aliphatic carbocycles. The van der Waals surface area contributed by atoms with Crippen molar-refractivity contribution in [2.24, 2.45) is 10.7 Å². The van der Waals surface area contributed by atoms with E-state index >= 15 is 8.78 Å². The lowest BCUT2D eigenvalue weighted by Crippen LogP contribution is -2.45. The van der Waals surface area contributed by atoms with E-state index in [9.17, 15) is 4.79 Å². The molecule has 0 radical (unpaired) electrons. The standard InChI is InChI=1S/C27H31F2N5O4/c1-36-21-12-22(37-2)24(29)25(23(21)28)34-16-18-15-32-20(11-19(18)27(3-4-27)26(34)35)17(13-30)14-31-5-6-33-7-9-38-10-8-33/h11-15H,3-10,16,30H2,1-2H3. The Kier molecular flexibility index (Phi) is 7.31. The molecule has 202 valence electrons. The molecule has 3 aliphatic rings. The Morgan fingerprint density at radius 2 is 1.87 bits per heavy atom. The average molecular weight is 528 g/mol. The number of carbonyl (C=O) groups excluding carboxylic acids is 1. The van der Waals surface area contributed by atoms with E-state index in [2.05, 4.69) is 14.9 Å². The summed E-state index contributed by atoms with van der Waals surface area (Å²) in [5.41, 5.74) is 7.30. The molecule has 9 nitrogen and oxygen atoms in total. The minimum absolute atomic E-state index is 0.0390. The van der Waals surface area contributed by atoms with Gasteiger partial charge in [-0.25, -0.2) is 8.78 Å². The minimum Gasteiger partial charge on any atom is -0.493 e. The number of pyridine rings is 1. The van der Waals surface area contributed by atoms with Gasteiger partial charge in [0.05, 0.1) is 51.6 Å². The molecule has 0 unspecified atom stereocenters. The summed E-state index contributed by atoms with van der Waals surface area (Å²) in [6.07, 6.45) is 5.91. The van der Waals surface area contributed by atoms with Crippen molar-refractivity contribution in [2.45, 2.75) is 24.8 Å². The number of ether oxygens (including phenoxy) is 3. The van der Waals surface area contributed by atoms with Gasteiger partial charge in [0.15, 0.2) is 23.1 Å². The SMILES string of the molecule is COc1cc(OC)c(F)c(N2Cc3cnc(C(C=NCCN4CCOCC4)=CN)cc3C3(CC3)C2=O)c1F. The van der Waals surface area contributed by atoms with Crippen molar-refractivity contribution in [3.8, 4) is 11.5 Å². The first-order chi connectivity index (χ1) is 18.4. The van der Waals surface area contributed by atoms with Gasteiger partial charge in [0, 0.05) is 49.9 Å². The highest BCUT2D eigenvalue weighted by molar-refractivity contribution is 6.09. The molecular formula is C27H31F2N5O4. The van der Waals surface area contributed by atoms with Crippen molar-refractivity contribution in [2.75, 3.05) is 58.5 Å². The van der Waals surface area contributed by atoms with Gasteiger partial charge in [0.1, 0.15) is 5.69 Å². The number of fused-ring (bicyclic) bond motifs is 2. The second kappa shape index (κ2) is 10.7. The molecule has 1 aromatic heterocycles. The molecule has 38 heavy (non-hydrogen) atoms. The number of aliphatic imine (C=N–C) groups is 1. The molecule has 0 bridgehead atoms. The molecule has 1 saturated carbocycles. The number of nitrogens with zero attached hydrogens (tertiary/aromatic N) is 4. The number of amides is 1. The normalized spacial score (nSPS) is 19.2. The molecule has 0 atom stereocenters. The van der Waals surface area contributed by atoms with Crippen LogP contribution in [0.3, 0.4) is 0 Å². The minimum atomic E-state index is -0.954. The van der Waals surface area contributed by atoms with Crippen LogP contribution in [0.2, 0.25) is 0 Å². The molecule has 3 heterocycles. The summed E-state index contributed by atoms with van der Waals surface area (Å²) < 4.78 is 46.0. The molecule has 2 fully saturated rings. The van der Waals surface area contributed by atoms with Gasteiger partial charge in [-0.3, -0.25) is 19.7 Å². The van der Waals surface area contributed by atoms with Gasteiger partial charge in [-0.05, 0) is 30.0 Å². The van der Waals surface area contributed by atoms with Crippen molar-refractivity contribution >= 4 is 23.4 Å². The monoisotopic (exact) mass is 527 g/mol. The molecule has 5 rings (SSSR count). The first kappa shape index (κ1) is 26.1. The van der Waals surface area contributed by atoms with E-state index in [-0.39, 0.29) is 24.0 Å². The number of carbonyl (C=O) groups is 1. The third kappa shape index (κ3) is 4.60. The Hall–Kier alpha value is -3.57. The van der Waals surface area contributed by atoms with Gasteiger partial charge in [-0.15, -0.1) is 0 Å². The number of morpholine rings is 1. The van der Waals surface area contributed by atoms with Gasteiger partial charge in [-0.1, -0.05) is 0 Å². The van der Waals surface area contributed by atoms with Crippen LogP contribution in [0.1, 0.15) is 29.7 Å². The summed E-state index contributed by atoms with van der Waals surface area (Å²) >= 11 is 0. The number of hydrogen-bond donors (Lipinski definition) is 1. The summed E-state index contributed by atoms with van der Waals surface area (Å²) in [7, 11) is 2.55. The molecule has 11 heteroatoms. The number of rotatable bonds is 8. The number of hydrogen-bond acceptors (Lipinski definition) is 8. The summed E-state index contributed by atoms with van der Waals surface area (Å²) in [5, 5.41) is 0. The molecule has 2 aliphatic heterocycles. The summed E-state index contributed by atoms with van der Waals surface area (Å²) in [6.45, 7) is 4.66. The maximum atomic E-state index is 15.3. The number of allylic oxidation sites excluding steroid dienone is 1. The molecular weight excluding hydrogens is 496 g/mol. The van der Waals surface area contributed by atoms with Crippen LogP contribution < -0.4 is 20.1 Å². The van der Waals surface area contributed by atoms with Crippen molar-refractivity contribution in [1.29, 1.82) is 0 Å². The van der Waals surface area contributed by atoms with Gasteiger partial charge >= 0.3 is 0 Å². The van der Waals surface area contributed by atoms with Gasteiger partial charge in [0.25, 0.3) is 0 Å². The molecule has 1 amide bonds. The van der Waals surface area contributed by atoms with Crippen molar-refractivity contribution < 1.29 is 27.8 Å². The van der Waals surface area contributed by atoms with E-state index in [4.69, 9.17) is 19.9 Å². The zero-order valence-corrected chi connectivity index (χ0v) is 21.5. The van der Waals surface area contributed by atoms with Gasteiger partial charge < -0.3 is 24.8 Å². The predicted molar refractivity (Wildman–Crippen MR) is 139 cm³/mol. The number of nitrogens with two attached hydrogens (primary N) is 1. The summed E-state index contributed by atoms with van der Waals surface area (Å²) in [5.74, 6) is -2.69. The number of benzene rings is 1. The van der Waals surface area contributed by atoms with Crippen LogP contribution >= 0.6 is 0 Å². The first-order valence-corrected chi connectivity index (χ1v) is 12.6. The zero-order valence-electron chi connectivity index (χ0n) is 21.5. The van der Waals surface area contributed by atoms with E-state index < -0.39 is 22.7 Å². The largest absolute Gasteiger partial charge is 0.493 e. The Morgan fingerprint density at radius 1 is 1.18 bits per heavy atom. The predicted octanol–water partition coefficient (Wildman–Crippen LogP) is 2.66. The van der Waals surface area contributed by atoms with Gasteiger partial charge in [0.2, 0.25) is 5.91 Å². The Bertz CT molecular complexity index is 1260. The van der Waals surface area contributed by atoms with Crippen LogP contribution in [0, 0.1) is 11.6 Å². The second-order valence-electron chi connectivity index (χ2n) is 9.57. The van der Waals surface area contributed by atoms with Gasteiger partial charge in [-0.2, -0.15) is 0 Å². The van der Waals surface area contributed by atoms with Crippen molar-refractivity contribution in [1.82, 2.24) is 9.88 Å². The topological polar surface area (TPSA) is 103 Å². The van der Waals surface area contributed by atoms with Crippen LogP contribution in [-0.4, -0.2) is 75.6 Å². The number of halogens is 2. The molecule has 1 aromatic carbocycles. The number of anilines is 1. The smallest absolute Gasteiger partial charge is 0.238 e. The third-order valence-corrected chi connectivity index (χ3v) is 7.41. The average Bonchev–Trinajstić information content (AvgIpc) is 3.74. The van der Waals surface area contributed by atoms with Crippen LogP contribution in [0.5, 0.6) is 11.5 Å². The molecule has 1 saturated heterocycles. The van der Waals surface area contributed by atoms with Crippen LogP contribution in [0.15, 0.2) is 29.5 Å². The van der Waals surface area contributed by atoms with Crippen LogP contribution in [0.25, 0.3) is 5.57 Å². The maximum absolute atomic E-state index is 15.3. The van der Waals surface area contributed by atoms with Crippen molar-refractivity contribution in [3.05, 3.63) is 53.0 Å². The second-order valence-corrected chi connectivity index (χ2v) is 9.57. The lowest BCUT2D eigenvalue weighted by molar-refractivity contribution is -0.121. The molecule has 2 aromatic rings. The van der Waals surface area contributed by atoms with E-state index in [1.807, 2.05) is 6.07 Å². The Balaban J connectivity index is 1.41. The highest BCUT2D eigenvalue weighted by Gasteiger charge is 2.57.